The van der Waals surface area contributed by atoms with E-state index in [4.69, 9.17) is 18.9 Å². The Labute approximate surface area is 216 Å². The van der Waals surface area contributed by atoms with Crippen LogP contribution in [0.5, 0.6) is 17.2 Å². The van der Waals surface area contributed by atoms with Gasteiger partial charge in [-0.05, 0) is 53.9 Å². The second-order valence-electron chi connectivity index (χ2n) is 8.92. The lowest BCUT2D eigenvalue weighted by molar-refractivity contribution is -0.131. The number of aliphatic hydroxyl groups excluding tert-OH is 2. The number of carbonyl (C=O) groups excluding carboxylic acids is 1. The average Bonchev–Trinajstić information content (AvgIpc) is 2.91. The van der Waals surface area contributed by atoms with E-state index < -0.39 is 12.1 Å². The number of carbonyl (C=O) groups is 1. The number of fused-ring (bicyclic) bond motifs is 1. The molecule has 3 N–H and O–H groups in total. The predicted molar refractivity (Wildman–Crippen MR) is 138 cm³/mol. The average molecular weight is 508 g/mol. The molecule has 1 heterocycles. The van der Waals surface area contributed by atoms with Crippen LogP contribution in [0, 0.1) is 0 Å². The Morgan fingerprint density at radius 3 is 2.70 bits per heavy atom. The highest BCUT2D eigenvalue weighted by Crippen LogP contribution is 2.33. The first kappa shape index (κ1) is 26.6. The summed E-state index contributed by atoms with van der Waals surface area (Å²) in [5, 5.41) is 23.3. The predicted octanol–water partition coefficient (Wildman–Crippen LogP) is 3.33. The van der Waals surface area contributed by atoms with Crippen LogP contribution in [-0.2, 0) is 29.2 Å². The fourth-order valence-corrected chi connectivity index (χ4v) is 4.05. The topological polar surface area (TPSA) is 106 Å². The van der Waals surface area contributed by atoms with E-state index in [-0.39, 0.29) is 12.7 Å². The lowest BCUT2D eigenvalue weighted by atomic mass is 10.0. The Morgan fingerprint density at radius 1 is 1.08 bits per heavy atom. The van der Waals surface area contributed by atoms with Crippen LogP contribution in [0.1, 0.15) is 35.3 Å². The first-order chi connectivity index (χ1) is 18.0. The normalized spacial score (nSPS) is 15.3. The van der Waals surface area contributed by atoms with E-state index in [9.17, 15) is 15.0 Å². The number of rotatable bonds is 12. The number of nitrogens with one attached hydrogen (secondary N) is 1. The van der Waals surface area contributed by atoms with E-state index in [2.05, 4.69) is 5.32 Å². The highest BCUT2D eigenvalue weighted by Gasteiger charge is 2.21. The number of hydrogen-bond acceptors (Lipinski definition) is 8. The van der Waals surface area contributed by atoms with Gasteiger partial charge in [0.15, 0.2) is 17.6 Å². The third-order valence-corrected chi connectivity index (χ3v) is 5.96. The van der Waals surface area contributed by atoms with Crippen LogP contribution in [0.15, 0.2) is 66.7 Å². The van der Waals surface area contributed by atoms with Crippen LogP contribution >= 0.6 is 0 Å². The van der Waals surface area contributed by atoms with Crippen molar-refractivity contribution in [2.75, 3.05) is 26.3 Å². The number of benzene rings is 3. The van der Waals surface area contributed by atoms with E-state index in [0.29, 0.717) is 55.5 Å². The smallest absolute Gasteiger partial charge is 0.308 e. The Hall–Kier alpha value is -3.43. The van der Waals surface area contributed by atoms with Gasteiger partial charge in [0.25, 0.3) is 0 Å². The van der Waals surface area contributed by atoms with E-state index in [1.807, 2.05) is 48.5 Å². The molecule has 8 heteroatoms. The van der Waals surface area contributed by atoms with Gasteiger partial charge in [0.1, 0.15) is 12.4 Å². The molecule has 196 valence electrons. The highest BCUT2D eigenvalue weighted by atomic mass is 16.6. The van der Waals surface area contributed by atoms with E-state index in [1.165, 1.54) is 6.92 Å². The van der Waals surface area contributed by atoms with Crippen LogP contribution in [0.4, 0.5) is 0 Å². The molecule has 2 unspecified atom stereocenters. The number of hydrogen-bond donors (Lipinski definition) is 3. The molecule has 0 aliphatic carbocycles. The maximum Gasteiger partial charge on any atom is 0.308 e. The molecule has 1 aliphatic heterocycles. The van der Waals surface area contributed by atoms with Crippen LogP contribution in [0.3, 0.4) is 0 Å². The minimum absolute atomic E-state index is 0.153. The van der Waals surface area contributed by atoms with Crippen molar-refractivity contribution in [2.24, 2.45) is 0 Å². The molecule has 0 bridgehead atoms. The summed E-state index contributed by atoms with van der Waals surface area (Å²) in [6, 6.07) is 20.8. The molecule has 0 radical (unpaired) electrons. The second-order valence-corrected chi connectivity index (χ2v) is 8.92. The summed E-state index contributed by atoms with van der Waals surface area (Å²) in [6.07, 6.45) is -0.169. The summed E-state index contributed by atoms with van der Waals surface area (Å²) in [5.41, 5.74) is 3.30. The zero-order valence-electron chi connectivity index (χ0n) is 20.9. The van der Waals surface area contributed by atoms with Gasteiger partial charge < -0.3 is 34.5 Å². The minimum atomic E-state index is -0.766. The van der Waals surface area contributed by atoms with Crippen LogP contribution < -0.4 is 19.5 Å². The van der Waals surface area contributed by atoms with Crippen LogP contribution in [0.2, 0.25) is 0 Å². The van der Waals surface area contributed by atoms with Crippen molar-refractivity contribution in [3.8, 4) is 17.2 Å². The molecule has 0 amide bonds. The summed E-state index contributed by atoms with van der Waals surface area (Å²) in [5.74, 6) is 1.27. The third-order valence-electron chi connectivity index (χ3n) is 5.96. The molecule has 1 aliphatic rings. The SMILES string of the molecule is CC(=O)Oc1ccc(C(O)CNCCc2ccc3c(c2)OCC(COCc2ccccc2)O3)cc1CO. The first-order valence-electron chi connectivity index (χ1n) is 12.4. The van der Waals surface area contributed by atoms with Gasteiger partial charge in [0.2, 0.25) is 0 Å². The van der Waals surface area contributed by atoms with Crippen molar-refractivity contribution < 1.29 is 34.0 Å². The Kier molecular flexibility index (Phi) is 9.51. The molecule has 37 heavy (non-hydrogen) atoms. The quantitative estimate of drug-likeness (QED) is 0.195. The highest BCUT2D eigenvalue weighted by molar-refractivity contribution is 5.69. The molecule has 0 fully saturated rings. The molecule has 0 aromatic heterocycles. The Morgan fingerprint density at radius 2 is 1.92 bits per heavy atom. The monoisotopic (exact) mass is 507 g/mol. The van der Waals surface area contributed by atoms with Crippen molar-refractivity contribution in [3.05, 3.63) is 89.0 Å². The fraction of sp³-hybridized carbons (Fsp3) is 0.345. The van der Waals surface area contributed by atoms with Gasteiger partial charge >= 0.3 is 5.97 Å². The maximum atomic E-state index is 11.2. The van der Waals surface area contributed by atoms with Gasteiger partial charge in [0.05, 0.1) is 25.9 Å². The van der Waals surface area contributed by atoms with Crippen molar-refractivity contribution in [2.45, 2.75) is 38.8 Å². The van der Waals surface area contributed by atoms with Gasteiger partial charge in [-0.25, -0.2) is 0 Å². The lowest BCUT2D eigenvalue weighted by Crippen LogP contribution is -2.33. The number of ether oxygens (including phenoxy) is 4. The third kappa shape index (κ3) is 7.77. The molecule has 3 aromatic carbocycles. The van der Waals surface area contributed by atoms with Crippen molar-refractivity contribution in [1.82, 2.24) is 5.32 Å². The molecule has 8 nitrogen and oxygen atoms in total. The summed E-state index contributed by atoms with van der Waals surface area (Å²) in [4.78, 5) is 11.2. The standard InChI is InChI=1S/C29H33NO7/c1-20(32)36-27-10-8-23(14-24(27)16-31)26(33)15-30-12-11-21-7-9-28-29(13-21)35-19-25(37-28)18-34-17-22-5-3-2-4-6-22/h2-10,13-14,25-26,30-31,33H,11-12,15-19H2,1H3. The Bertz CT molecular complexity index is 1170. The molecule has 2 atom stereocenters. The van der Waals surface area contributed by atoms with Crippen LogP contribution in [0.25, 0.3) is 0 Å². The summed E-state index contributed by atoms with van der Waals surface area (Å²) in [7, 11) is 0. The molecular formula is C29H33NO7. The lowest BCUT2D eigenvalue weighted by Gasteiger charge is -2.26. The van der Waals surface area contributed by atoms with Gasteiger partial charge in [-0.15, -0.1) is 0 Å². The molecule has 0 spiro atoms. The first-order valence-corrected chi connectivity index (χ1v) is 12.4. The van der Waals surface area contributed by atoms with E-state index in [0.717, 1.165) is 23.3 Å². The molecule has 3 aromatic rings. The summed E-state index contributed by atoms with van der Waals surface area (Å²) in [6.45, 7) is 3.43. The van der Waals surface area contributed by atoms with Crippen molar-refractivity contribution in [1.29, 1.82) is 0 Å². The van der Waals surface area contributed by atoms with Crippen LogP contribution in [-0.4, -0.2) is 48.6 Å². The number of esters is 1. The molecule has 4 rings (SSSR count). The molecule has 0 saturated carbocycles. The summed E-state index contributed by atoms with van der Waals surface area (Å²) >= 11 is 0. The molecule has 0 saturated heterocycles. The van der Waals surface area contributed by atoms with Gasteiger partial charge in [-0.3, -0.25) is 4.79 Å². The van der Waals surface area contributed by atoms with E-state index in [1.54, 1.807) is 18.2 Å². The van der Waals surface area contributed by atoms with E-state index >= 15 is 0 Å². The maximum absolute atomic E-state index is 11.2. The largest absolute Gasteiger partial charge is 0.486 e. The molecular weight excluding hydrogens is 474 g/mol. The van der Waals surface area contributed by atoms with Gasteiger partial charge in [-0.2, -0.15) is 0 Å². The second kappa shape index (κ2) is 13.2. The van der Waals surface area contributed by atoms with Crippen molar-refractivity contribution in [3.63, 3.8) is 0 Å². The summed E-state index contributed by atoms with van der Waals surface area (Å²) < 4.78 is 22.8. The van der Waals surface area contributed by atoms with Gasteiger partial charge in [0, 0.05) is 19.0 Å². The number of aliphatic hydroxyl groups is 2. The zero-order valence-corrected chi connectivity index (χ0v) is 20.9. The Balaban J connectivity index is 1.20. The minimum Gasteiger partial charge on any atom is -0.486 e. The zero-order chi connectivity index (χ0) is 26.0. The van der Waals surface area contributed by atoms with Crippen molar-refractivity contribution >= 4 is 5.97 Å². The van der Waals surface area contributed by atoms with Gasteiger partial charge in [-0.1, -0.05) is 42.5 Å². The fourth-order valence-electron chi connectivity index (χ4n) is 4.05.